The Labute approximate surface area is 282 Å². The lowest BCUT2D eigenvalue weighted by Crippen LogP contribution is -2.40. The first-order valence-electron chi connectivity index (χ1n) is 16.0. The Balaban J connectivity index is 0.000000260. The zero-order chi connectivity index (χ0) is 34.7. The van der Waals surface area contributed by atoms with E-state index < -0.39 is 0 Å². The molecule has 0 fully saturated rings. The van der Waals surface area contributed by atoms with Gasteiger partial charge in [0.25, 0.3) is 0 Å². The minimum absolute atomic E-state index is 0.00505. The van der Waals surface area contributed by atoms with Gasteiger partial charge in [0.1, 0.15) is 0 Å². The van der Waals surface area contributed by atoms with Gasteiger partial charge in [-0.25, -0.2) is 14.4 Å². The monoisotopic (exact) mass is 651 g/mol. The van der Waals surface area contributed by atoms with E-state index in [4.69, 9.17) is 10.5 Å². The number of carbonyl (C=O) groups is 4. The maximum atomic E-state index is 12.5. The molecule has 10 nitrogen and oxygen atoms in total. The van der Waals surface area contributed by atoms with E-state index in [-0.39, 0.29) is 30.4 Å². The van der Waals surface area contributed by atoms with E-state index in [9.17, 15) is 19.2 Å². The highest BCUT2D eigenvalue weighted by Crippen LogP contribution is 2.19. The molecule has 0 aliphatic heterocycles. The van der Waals surface area contributed by atoms with Crippen molar-refractivity contribution in [3.05, 3.63) is 131 Å². The molecule has 4 amide bonds. The van der Waals surface area contributed by atoms with Crippen molar-refractivity contribution >= 4 is 35.2 Å². The fourth-order valence-electron chi connectivity index (χ4n) is 4.57. The van der Waals surface area contributed by atoms with E-state index in [1.165, 1.54) is 7.11 Å². The van der Waals surface area contributed by atoms with E-state index in [1.54, 1.807) is 34.1 Å². The van der Waals surface area contributed by atoms with Crippen LogP contribution >= 0.6 is 0 Å². The smallest absolute Gasteiger partial charge is 0.337 e. The molecule has 10 heteroatoms. The quantitative estimate of drug-likeness (QED) is 0.111. The predicted octanol–water partition coefficient (Wildman–Crippen LogP) is 6.55. The number of para-hydroxylation sites is 2. The molecule has 0 aromatic heterocycles. The van der Waals surface area contributed by atoms with Gasteiger partial charge >= 0.3 is 18.0 Å². The molecule has 0 bridgehead atoms. The van der Waals surface area contributed by atoms with Crippen LogP contribution < -0.4 is 26.2 Å². The zero-order valence-electron chi connectivity index (χ0n) is 27.9. The highest BCUT2D eigenvalue weighted by Gasteiger charge is 2.17. The fraction of sp³-hybridized carbons (Fsp3) is 0.263. The average molecular weight is 652 g/mol. The summed E-state index contributed by atoms with van der Waals surface area (Å²) in [6.45, 7) is 6.13. The van der Waals surface area contributed by atoms with E-state index in [2.05, 4.69) is 10.6 Å². The molecule has 4 aromatic carbocycles. The van der Waals surface area contributed by atoms with Crippen molar-refractivity contribution in [3.8, 4) is 0 Å². The molecule has 252 valence electrons. The minimum Gasteiger partial charge on any atom is -0.465 e. The lowest BCUT2D eigenvalue weighted by molar-refractivity contribution is 0.0600. The van der Waals surface area contributed by atoms with Crippen LogP contribution in [0.1, 0.15) is 58.5 Å². The highest BCUT2D eigenvalue weighted by molar-refractivity contribution is 5.97. The molecular formula is C38H45N5O5. The van der Waals surface area contributed by atoms with Gasteiger partial charge in [-0.05, 0) is 60.4 Å². The van der Waals surface area contributed by atoms with Crippen molar-refractivity contribution in [2.75, 3.05) is 36.5 Å². The summed E-state index contributed by atoms with van der Waals surface area (Å²) < 4.78 is 4.70. The third-order valence-electron chi connectivity index (χ3n) is 7.20. The first-order valence-corrected chi connectivity index (χ1v) is 16.0. The van der Waals surface area contributed by atoms with Gasteiger partial charge in [0, 0.05) is 30.0 Å². The van der Waals surface area contributed by atoms with Crippen LogP contribution in [-0.4, -0.2) is 50.6 Å². The van der Waals surface area contributed by atoms with Crippen molar-refractivity contribution in [1.29, 1.82) is 0 Å². The Hall–Kier alpha value is -5.48. The van der Waals surface area contributed by atoms with Crippen molar-refractivity contribution in [1.82, 2.24) is 10.6 Å². The largest absolute Gasteiger partial charge is 0.465 e. The average Bonchev–Trinajstić information content (AvgIpc) is 3.14. The molecular weight excluding hydrogens is 606 g/mol. The molecule has 0 saturated heterocycles. The van der Waals surface area contributed by atoms with Gasteiger partial charge in [-0.15, -0.1) is 0 Å². The molecule has 0 saturated carbocycles. The minimum atomic E-state index is -0.373. The van der Waals surface area contributed by atoms with Gasteiger partial charge in [0.05, 0.1) is 32.3 Å². The van der Waals surface area contributed by atoms with Crippen LogP contribution in [0.3, 0.4) is 0 Å². The number of rotatable bonds is 13. The molecule has 0 aliphatic carbocycles. The summed E-state index contributed by atoms with van der Waals surface area (Å²) >= 11 is 0. The summed E-state index contributed by atoms with van der Waals surface area (Å²) in [5, 5.41) is 5.81. The Bertz CT molecular complexity index is 1460. The number of carbonyl (C=O) groups excluding carboxylic acids is 4. The Morgan fingerprint density at radius 3 is 1.35 bits per heavy atom. The highest BCUT2D eigenvalue weighted by atomic mass is 16.5. The van der Waals surface area contributed by atoms with Crippen LogP contribution in [0.2, 0.25) is 0 Å². The summed E-state index contributed by atoms with van der Waals surface area (Å²) in [5.74, 6) is -0.468. The van der Waals surface area contributed by atoms with Crippen LogP contribution in [-0.2, 0) is 17.8 Å². The predicted molar refractivity (Wildman–Crippen MR) is 190 cm³/mol. The summed E-state index contributed by atoms with van der Waals surface area (Å²) in [5.41, 5.74) is 9.97. The zero-order valence-corrected chi connectivity index (χ0v) is 27.9. The lowest BCUT2D eigenvalue weighted by Gasteiger charge is -2.23. The van der Waals surface area contributed by atoms with Gasteiger partial charge in [-0.3, -0.25) is 14.6 Å². The molecule has 48 heavy (non-hydrogen) atoms. The summed E-state index contributed by atoms with van der Waals surface area (Å²) in [4.78, 5) is 51.4. The molecule has 0 aliphatic rings. The number of methoxy groups -OCH3 is 1. The Kier molecular flexibility index (Phi) is 15.3. The van der Waals surface area contributed by atoms with Crippen LogP contribution in [0, 0.1) is 0 Å². The van der Waals surface area contributed by atoms with Crippen molar-refractivity contribution < 1.29 is 23.9 Å². The molecule has 4 rings (SSSR count). The molecule has 0 atom stereocenters. The van der Waals surface area contributed by atoms with Gasteiger partial charge in [-0.2, -0.15) is 0 Å². The maximum absolute atomic E-state index is 12.5. The van der Waals surface area contributed by atoms with Crippen molar-refractivity contribution in [3.63, 3.8) is 0 Å². The standard InChI is InChI=1S/C19H23N3O2.C19H22N2O3/c1-2-12-21-19(24)22(17-6-4-3-5-7-17)14-15-8-10-16(11-9-15)18(23)13-20;1-3-13-20-19(23)21(17-7-5-4-6-8-17)14-15-9-11-16(12-10-15)18(22)24-2/h3-11H,2,12-14,20H2,1H3,(H,21,24);4-12H,3,13-14H2,1-2H3,(H,20,23). The number of nitrogens with one attached hydrogen (secondary N) is 2. The number of esters is 1. The number of amides is 4. The second-order valence-corrected chi connectivity index (χ2v) is 10.8. The molecule has 0 spiro atoms. The van der Waals surface area contributed by atoms with E-state index >= 15 is 0 Å². The normalized spacial score (nSPS) is 10.2. The fourth-order valence-corrected chi connectivity index (χ4v) is 4.57. The van der Waals surface area contributed by atoms with E-state index in [1.807, 2.05) is 98.8 Å². The SMILES string of the molecule is CCCNC(=O)N(Cc1ccc(C(=O)CN)cc1)c1ccccc1.CCCNC(=O)N(Cc1ccc(C(=O)OC)cc1)c1ccccc1. The second-order valence-electron chi connectivity index (χ2n) is 10.8. The van der Waals surface area contributed by atoms with Crippen LogP contribution in [0.25, 0.3) is 0 Å². The first-order chi connectivity index (χ1) is 23.3. The van der Waals surface area contributed by atoms with Gasteiger partial charge < -0.3 is 21.1 Å². The number of anilines is 2. The van der Waals surface area contributed by atoms with Gasteiger partial charge in [-0.1, -0.05) is 86.6 Å². The second kappa shape index (κ2) is 19.9. The number of nitrogens with zero attached hydrogens (tertiary/aromatic N) is 2. The third kappa shape index (κ3) is 11.4. The number of benzene rings is 4. The maximum Gasteiger partial charge on any atom is 0.337 e. The van der Waals surface area contributed by atoms with Crippen LogP contribution in [0.5, 0.6) is 0 Å². The number of nitrogens with two attached hydrogens (primary N) is 1. The number of ketones is 1. The Morgan fingerprint density at radius 1 is 0.604 bits per heavy atom. The molecule has 0 heterocycles. The van der Waals surface area contributed by atoms with E-state index in [0.29, 0.717) is 37.3 Å². The summed E-state index contributed by atoms with van der Waals surface area (Å²) in [6.07, 6.45) is 1.76. The summed E-state index contributed by atoms with van der Waals surface area (Å²) in [7, 11) is 1.35. The van der Waals surface area contributed by atoms with Crippen LogP contribution in [0.15, 0.2) is 109 Å². The number of ether oxygens (including phenoxy) is 1. The van der Waals surface area contributed by atoms with Crippen molar-refractivity contribution in [2.45, 2.75) is 39.8 Å². The molecule has 4 N–H and O–H groups in total. The molecule has 0 radical (unpaired) electrons. The van der Waals surface area contributed by atoms with Gasteiger partial charge in [0.15, 0.2) is 5.78 Å². The third-order valence-corrected chi connectivity index (χ3v) is 7.20. The number of urea groups is 2. The topological polar surface area (TPSA) is 134 Å². The lowest BCUT2D eigenvalue weighted by atomic mass is 10.1. The number of hydrogen-bond acceptors (Lipinski definition) is 6. The number of Topliss-reactive ketones (excluding diaryl/α,β-unsaturated/α-hetero) is 1. The molecule has 0 unspecified atom stereocenters. The first kappa shape index (κ1) is 37.0. The van der Waals surface area contributed by atoms with Crippen LogP contribution in [0.4, 0.5) is 21.0 Å². The van der Waals surface area contributed by atoms with Gasteiger partial charge in [0.2, 0.25) is 0 Å². The van der Waals surface area contributed by atoms with E-state index in [0.717, 1.165) is 35.3 Å². The Morgan fingerprint density at radius 2 is 1.00 bits per heavy atom. The van der Waals surface area contributed by atoms with Crippen molar-refractivity contribution in [2.24, 2.45) is 5.73 Å². The molecule has 4 aromatic rings. The number of hydrogen-bond donors (Lipinski definition) is 3. The summed E-state index contributed by atoms with van der Waals surface area (Å²) in [6, 6.07) is 33.0.